The first kappa shape index (κ1) is 14.0. The number of amides is 1. The van der Waals surface area contributed by atoms with E-state index in [4.69, 9.17) is 5.84 Å². The second-order valence-corrected chi connectivity index (χ2v) is 6.16. The Morgan fingerprint density at radius 2 is 2.21 bits per heavy atom. The van der Waals surface area contributed by atoms with E-state index in [9.17, 15) is 9.18 Å². The summed E-state index contributed by atoms with van der Waals surface area (Å²) in [5.41, 5.74) is 3.13. The van der Waals surface area contributed by atoms with Crippen LogP contribution in [0.25, 0.3) is 0 Å². The molecule has 3 nitrogen and oxygen atoms in total. The molecule has 1 aromatic carbocycles. The van der Waals surface area contributed by atoms with Crippen molar-refractivity contribution in [3.8, 4) is 0 Å². The molecule has 0 bridgehead atoms. The molecule has 3 N–H and O–H groups in total. The smallest absolute Gasteiger partial charge is 0.275 e. The number of nitrogens with one attached hydrogen (secondary N) is 1. The van der Waals surface area contributed by atoms with Crippen molar-refractivity contribution in [3.05, 3.63) is 51.5 Å². The summed E-state index contributed by atoms with van der Waals surface area (Å²) >= 11 is 2.80. The maximum Gasteiger partial charge on any atom is 0.275 e. The summed E-state index contributed by atoms with van der Waals surface area (Å²) in [5.74, 6) is 5.21. The van der Waals surface area contributed by atoms with Crippen LogP contribution in [-0.4, -0.2) is 5.91 Å². The van der Waals surface area contributed by atoms with Crippen LogP contribution >= 0.6 is 23.1 Å². The monoisotopic (exact) mass is 296 g/mol. The van der Waals surface area contributed by atoms with Gasteiger partial charge in [-0.1, -0.05) is 12.1 Å². The van der Waals surface area contributed by atoms with E-state index >= 15 is 0 Å². The maximum atomic E-state index is 13.5. The van der Waals surface area contributed by atoms with Gasteiger partial charge in [-0.3, -0.25) is 10.2 Å². The lowest BCUT2D eigenvalue weighted by Crippen LogP contribution is -2.29. The van der Waals surface area contributed by atoms with Crippen molar-refractivity contribution in [1.82, 2.24) is 5.43 Å². The standard InChI is InChI=1S/C13H13FN2OS2/c1-8-9(6-12(19-8)13(17)16-15)7-18-11-5-3-2-4-10(11)14/h2-6H,7,15H2,1H3,(H,16,17). The minimum Gasteiger partial charge on any atom is -0.289 e. The van der Waals surface area contributed by atoms with Crippen molar-refractivity contribution in [2.45, 2.75) is 17.6 Å². The summed E-state index contributed by atoms with van der Waals surface area (Å²) in [6.07, 6.45) is 0. The molecule has 0 aliphatic heterocycles. The highest BCUT2D eigenvalue weighted by Crippen LogP contribution is 2.30. The number of thiophene rings is 1. The molecule has 100 valence electrons. The van der Waals surface area contributed by atoms with Gasteiger partial charge in [0.1, 0.15) is 5.82 Å². The number of nitrogens with two attached hydrogens (primary N) is 1. The van der Waals surface area contributed by atoms with Gasteiger partial charge in [0.15, 0.2) is 0 Å². The summed E-state index contributed by atoms with van der Waals surface area (Å²) in [7, 11) is 0. The molecule has 0 unspecified atom stereocenters. The van der Waals surface area contributed by atoms with E-state index < -0.39 is 0 Å². The number of halogens is 1. The van der Waals surface area contributed by atoms with Crippen molar-refractivity contribution < 1.29 is 9.18 Å². The van der Waals surface area contributed by atoms with E-state index in [1.807, 2.05) is 6.92 Å². The van der Waals surface area contributed by atoms with Crippen LogP contribution in [0.3, 0.4) is 0 Å². The summed E-state index contributed by atoms with van der Waals surface area (Å²) in [6, 6.07) is 8.46. The average Bonchev–Trinajstić information content (AvgIpc) is 2.78. The number of benzene rings is 1. The number of aryl methyl sites for hydroxylation is 1. The summed E-state index contributed by atoms with van der Waals surface area (Å²) in [4.78, 5) is 13.6. The Morgan fingerprint density at radius 1 is 1.47 bits per heavy atom. The number of hydrogen-bond donors (Lipinski definition) is 2. The van der Waals surface area contributed by atoms with Crippen LogP contribution in [0.5, 0.6) is 0 Å². The van der Waals surface area contributed by atoms with E-state index in [-0.39, 0.29) is 11.7 Å². The number of nitrogen functional groups attached to an aromatic ring is 1. The van der Waals surface area contributed by atoms with Gasteiger partial charge in [0.2, 0.25) is 0 Å². The summed E-state index contributed by atoms with van der Waals surface area (Å²) < 4.78 is 13.5. The molecule has 0 spiro atoms. The highest BCUT2D eigenvalue weighted by molar-refractivity contribution is 7.98. The Hall–Kier alpha value is -1.37. The van der Waals surface area contributed by atoms with Crippen molar-refractivity contribution in [2.75, 3.05) is 0 Å². The molecule has 1 heterocycles. The second kappa shape index (κ2) is 6.18. The minimum absolute atomic E-state index is 0.222. The molecule has 6 heteroatoms. The van der Waals surface area contributed by atoms with E-state index in [2.05, 4.69) is 5.43 Å². The Labute approximate surface area is 119 Å². The van der Waals surface area contributed by atoms with Gasteiger partial charge < -0.3 is 0 Å². The zero-order chi connectivity index (χ0) is 13.8. The van der Waals surface area contributed by atoms with Crippen LogP contribution in [0, 0.1) is 12.7 Å². The first-order valence-corrected chi connectivity index (χ1v) is 7.39. The van der Waals surface area contributed by atoms with Crippen molar-refractivity contribution in [2.24, 2.45) is 5.84 Å². The number of carbonyl (C=O) groups is 1. The van der Waals surface area contributed by atoms with Crippen LogP contribution in [0.15, 0.2) is 35.2 Å². The third-order valence-corrected chi connectivity index (χ3v) is 4.78. The van der Waals surface area contributed by atoms with Crippen LogP contribution in [-0.2, 0) is 5.75 Å². The van der Waals surface area contributed by atoms with Crippen LogP contribution in [0.2, 0.25) is 0 Å². The lowest BCUT2D eigenvalue weighted by atomic mass is 10.3. The minimum atomic E-state index is -0.296. The summed E-state index contributed by atoms with van der Waals surface area (Å²) in [6.45, 7) is 1.94. The van der Waals surface area contributed by atoms with E-state index in [1.165, 1.54) is 29.2 Å². The number of hydrogen-bond acceptors (Lipinski definition) is 4. The zero-order valence-electron chi connectivity index (χ0n) is 10.3. The quantitative estimate of drug-likeness (QED) is 0.394. The fourth-order valence-electron chi connectivity index (χ4n) is 1.56. The molecule has 0 saturated carbocycles. The Balaban J connectivity index is 2.10. The van der Waals surface area contributed by atoms with Gasteiger partial charge in [0, 0.05) is 15.5 Å². The number of rotatable bonds is 4. The molecule has 1 aromatic heterocycles. The van der Waals surface area contributed by atoms with Gasteiger partial charge in [-0.05, 0) is 30.7 Å². The van der Waals surface area contributed by atoms with E-state index in [0.717, 1.165) is 10.4 Å². The van der Waals surface area contributed by atoms with Gasteiger partial charge in [0.05, 0.1) is 4.88 Å². The Kier molecular flexibility index (Phi) is 4.57. The maximum absolute atomic E-state index is 13.5. The van der Waals surface area contributed by atoms with Crippen LogP contribution < -0.4 is 11.3 Å². The highest BCUT2D eigenvalue weighted by atomic mass is 32.2. The SMILES string of the molecule is Cc1sc(C(=O)NN)cc1CSc1ccccc1F. The first-order chi connectivity index (χ1) is 9.11. The molecule has 2 aromatic rings. The van der Waals surface area contributed by atoms with Crippen molar-refractivity contribution in [3.63, 3.8) is 0 Å². The van der Waals surface area contributed by atoms with E-state index in [0.29, 0.717) is 15.5 Å². The molecule has 0 fully saturated rings. The fraction of sp³-hybridized carbons (Fsp3) is 0.154. The zero-order valence-corrected chi connectivity index (χ0v) is 11.9. The molecular formula is C13H13FN2OS2. The predicted octanol–water partition coefficient (Wildman–Crippen LogP) is 3.09. The molecular weight excluding hydrogens is 283 g/mol. The first-order valence-electron chi connectivity index (χ1n) is 5.59. The molecule has 2 rings (SSSR count). The Bertz CT molecular complexity index is 598. The highest BCUT2D eigenvalue weighted by Gasteiger charge is 2.12. The molecule has 19 heavy (non-hydrogen) atoms. The Morgan fingerprint density at radius 3 is 2.89 bits per heavy atom. The second-order valence-electron chi connectivity index (χ2n) is 3.88. The van der Waals surface area contributed by atoms with Gasteiger partial charge in [-0.25, -0.2) is 10.2 Å². The van der Waals surface area contributed by atoms with Crippen molar-refractivity contribution >= 4 is 29.0 Å². The number of thioether (sulfide) groups is 1. The molecule has 0 atom stereocenters. The number of hydrazine groups is 1. The van der Waals surface area contributed by atoms with Crippen molar-refractivity contribution in [1.29, 1.82) is 0 Å². The normalized spacial score (nSPS) is 10.5. The third-order valence-electron chi connectivity index (χ3n) is 2.60. The fourth-order valence-corrected chi connectivity index (χ4v) is 3.59. The van der Waals surface area contributed by atoms with Gasteiger partial charge >= 0.3 is 0 Å². The predicted molar refractivity (Wildman–Crippen MR) is 76.7 cm³/mol. The lowest BCUT2D eigenvalue weighted by Gasteiger charge is -2.02. The average molecular weight is 296 g/mol. The number of carbonyl (C=O) groups excluding carboxylic acids is 1. The van der Waals surface area contributed by atoms with Gasteiger partial charge in [0.25, 0.3) is 5.91 Å². The third kappa shape index (κ3) is 3.34. The molecule has 0 saturated heterocycles. The van der Waals surface area contributed by atoms with Crippen LogP contribution in [0.4, 0.5) is 4.39 Å². The summed E-state index contributed by atoms with van der Waals surface area (Å²) in [5, 5.41) is 0. The molecule has 1 amide bonds. The largest absolute Gasteiger partial charge is 0.289 e. The van der Waals surface area contributed by atoms with Crippen LogP contribution in [0.1, 0.15) is 20.1 Å². The molecule has 0 radical (unpaired) electrons. The lowest BCUT2D eigenvalue weighted by molar-refractivity contribution is 0.0957. The van der Waals surface area contributed by atoms with Gasteiger partial charge in [-0.2, -0.15) is 0 Å². The van der Waals surface area contributed by atoms with Gasteiger partial charge in [-0.15, -0.1) is 23.1 Å². The molecule has 0 aliphatic rings. The molecule has 0 aliphatic carbocycles. The van der Waals surface area contributed by atoms with E-state index in [1.54, 1.807) is 24.3 Å². The topological polar surface area (TPSA) is 55.1 Å².